The Morgan fingerprint density at radius 1 is 1.53 bits per heavy atom. The average Bonchev–Trinajstić information content (AvgIpc) is 2.97. The molecule has 5 heteroatoms. The molecule has 1 aromatic rings. The highest BCUT2D eigenvalue weighted by Crippen LogP contribution is 2.32. The van der Waals surface area contributed by atoms with Crippen molar-refractivity contribution >= 4 is 11.4 Å². The van der Waals surface area contributed by atoms with E-state index in [4.69, 9.17) is 0 Å². The summed E-state index contributed by atoms with van der Waals surface area (Å²) in [4.78, 5) is 9.94. The molecule has 15 heavy (non-hydrogen) atoms. The first-order valence-electron chi connectivity index (χ1n) is 4.85. The largest absolute Gasteiger partial charge is 0.379 e. The summed E-state index contributed by atoms with van der Waals surface area (Å²) >= 11 is 0. The zero-order valence-corrected chi connectivity index (χ0v) is 8.07. The van der Waals surface area contributed by atoms with Crippen LogP contribution in [0.3, 0.4) is 0 Å². The second kappa shape index (κ2) is 3.84. The van der Waals surface area contributed by atoms with E-state index in [1.807, 2.05) is 0 Å². The number of anilines is 1. The van der Waals surface area contributed by atoms with Crippen molar-refractivity contribution in [3.8, 4) is 0 Å². The molecule has 1 fully saturated rings. The van der Waals surface area contributed by atoms with E-state index < -0.39 is 16.4 Å². The van der Waals surface area contributed by atoms with Gasteiger partial charge in [0.2, 0.25) is 5.82 Å². The molecule has 0 bridgehead atoms. The number of nitrogens with zero attached hydrogens (tertiary/aromatic N) is 1. The van der Waals surface area contributed by atoms with Gasteiger partial charge in [0.15, 0.2) is 0 Å². The molecule has 0 heterocycles. The van der Waals surface area contributed by atoms with Gasteiger partial charge in [-0.25, -0.2) is 0 Å². The molecule has 1 aliphatic rings. The lowest BCUT2D eigenvalue weighted by atomic mass is 10.2. The van der Waals surface area contributed by atoms with Crippen LogP contribution in [-0.2, 0) is 0 Å². The number of halogens is 1. The Hall–Kier alpha value is -1.65. The number of para-hydroxylation sites is 1. The monoisotopic (exact) mass is 210 g/mol. The molecule has 0 aromatic heterocycles. The third-order valence-electron chi connectivity index (χ3n) is 2.45. The molecule has 0 aliphatic heterocycles. The molecular formula is C10H11FN2O2. The van der Waals surface area contributed by atoms with Gasteiger partial charge >= 0.3 is 5.69 Å². The van der Waals surface area contributed by atoms with Gasteiger partial charge in [0, 0.05) is 6.54 Å². The predicted molar refractivity (Wildman–Crippen MR) is 54.3 cm³/mol. The van der Waals surface area contributed by atoms with Gasteiger partial charge in [0.1, 0.15) is 5.69 Å². The minimum Gasteiger partial charge on any atom is -0.379 e. The summed E-state index contributed by atoms with van der Waals surface area (Å²) in [6.45, 7) is 0.685. The highest BCUT2D eigenvalue weighted by Gasteiger charge is 2.24. The van der Waals surface area contributed by atoms with Crippen LogP contribution in [-0.4, -0.2) is 11.5 Å². The normalized spacial score (nSPS) is 15.0. The number of rotatable bonds is 4. The molecule has 80 valence electrons. The maximum atomic E-state index is 13.2. The van der Waals surface area contributed by atoms with E-state index >= 15 is 0 Å². The lowest BCUT2D eigenvalue weighted by Gasteiger charge is -2.05. The first-order valence-corrected chi connectivity index (χ1v) is 4.85. The third-order valence-corrected chi connectivity index (χ3v) is 2.45. The number of nitro groups is 1. The van der Waals surface area contributed by atoms with Crippen molar-refractivity contribution < 1.29 is 9.31 Å². The highest BCUT2D eigenvalue weighted by atomic mass is 19.1. The summed E-state index contributed by atoms with van der Waals surface area (Å²) in [5, 5.41) is 13.5. The molecule has 0 radical (unpaired) electrons. The molecule has 0 saturated heterocycles. The van der Waals surface area contributed by atoms with E-state index in [9.17, 15) is 14.5 Å². The van der Waals surface area contributed by atoms with Crippen molar-refractivity contribution in [1.29, 1.82) is 0 Å². The SMILES string of the molecule is O=[N+]([O-])c1c(F)cccc1NCC1CC1. The Morgan fingerprint density at radius 2 is 2.27 bits per heavy atom. The maximum Gasteiger partial charge on any atom is 0.327 e. The van der Waals surface area contributed by atoms with Gasteiger partial charge in [-0.1, -0.05) is 6.07 Å². The van der Waals surface area contributed by atoms with Gasteiger partial charge in [-0.05, 0) is 30.9 Å². The topological polar surface area (TPSA) is 55.2 Å². The lowest BCUT2D eigenvalue weighted by Crippen LogP contribution is -2.06. The van der Waals surface area contributed by atoms with Crippen LogP contribution in [0.5, 0.6) is 0 Å². The van der Waals surface area contributed by atoms with Crippen molar-refractivity contribution in [3.63, 3.8) is 0 Å². The van der Waals surface area contributed by atoms with Crippen molar-refractivity contribution in [2.24, 2.45) is 5.92 Å². The second-order valence-electron chi connectivity index (χ2n) is 3.72. The fourth-order valence-corrected chi connectivity index (χ4v) is 1.42. The molecule has 1 saturated carbocycles. The van der Waals surface area contributed by atoms with Crippen LogP contribution in [0.15, 0.2) is 18.2 Å². The summed E-state index contributed by atoms with van der Waals surface area (Å²) in [6.07, 6.45) is 2.30. The highest BCUT2D eigenvalue weighted by molar-refractivity contribution is 5.61. The summed E-state index contributed by atoms with van der Waals surface area (Å²) in [5.74, 6) is -0.200. The van der Waals surface area contributed by atoms with E-state index in [2.05, 4.69) is 5.32 Å². The number of nitrogens with one attached hydrogen (secondary N) is 1. The van der Waals surface area contributed by atoms with Crippen molar-refractivity contribution in [1.82, 2.24) is 0 Å². The molecule has 0 spiro atoms. The molecule has 0 amide bonds. The summed E-state index contributed by atoms with van der Waals surface area (Å²) in [6, 6.07) is 4.10. The van der Waals surface area contributed by atoms with E-state index in [1.54, 1.807) is 0 Å². The van der Waals surface area contributed by atoms with Crippen molar-refractivity contribution in [2.45, 2.75) is 12.8 Å². The molecule has 0 atom stereocenters. The molecule has 1 aliphatic carbocycles. The predicted octanol–water partition coefficient (Wildman–Crippen LogP) is 2.56. The van der Waals surface area contributed by atoms with Crippen molar-refractivity contribution in [3.05, 3.63) is 34.1 Å². The van der Waals surface area contributed by atoms with Crippen LogP contribution in [0, 0.1) is 21.8 Å². The van der Waals surface area contributed by atoms with Gasteiger partial charge in [-0.2, -0.15) is 4.39 Å². The molecule has 1 N–H and O–H groups in total. The van der Waals surface area contributed by atoms with Gasteiger partial charge in [0.25, 0.3) is 0 Å². The molecular weight excluding hydrogens is 199 g/mol. The van der Waals surface area contributed by atoms with Gasteiger partial charge in [0.05, 0.1) is 4.92 Å². The summed E-state index contributed by atoms with van der Waals surface area (Å²) in [5.41, 5.74) is -0.190. The minimum absolute atomic E-state index is 0.270. The van der Waals surface area contributed by atoms with Crippen LogP contribution in [0.2, 0.25) is 0 Å². The van der Waals surface area contributed by atoms with Crippen LogP contribution in [0.25, 0.3) is 0 Å². The van der Waals surface area contributed by atoms with Crippen LogP contribution in [0.1, 0.15) is 12.8 Å². The first kappa shape index (κ1) is 9.89. The summed E-state index contributed by atoms with van der Waals surface area (Å²) < 4.78 is 13.2. The van der Waals surface area contributed by atoms with E-state index in [0.717, 1.165) is 18.9 Å². The van der Waals surface area contributed by atoms with Crippen LogP contribution >= 0.6 is 0 Å². The zero-order valence-electron chi connectivity index (χ0n) is 8.07. The van der Waals surface area contributed by atoms with Crippen molar-refractivity contribution in [2.75, 3.05) is 11.9 Å². The van der Waals surface area contributed by atoms with Gasteiger partial charge < -0.3 is 5.32 Å². The molecule has 1 aromatic carbocycles. The lowest BCUT2D eigenvalue weighted by molar-refractivity contribution is -0.386. The number of benzene rings is 1. The van der Waals surface area contributed by atoms with E-state index in [-0.39, 0.29) is 5.69 Å². The standard InChI is InChI=1S/C10H11FN2O2/c11-8-2-1-3-9(10(8)13(14)15)12-6-7-4-5-7/h1-3,7,12H,4-6H2. The second-order valence-corrected chi connectivity index (χ2v) is 3.72. The minimum atomic E-state index is -0.791. The molecule has 4 nitrogen and oxygen atoms in total. The Kier molecular flexibility index (Phi) is 2.53. The fourth-order valence-electron chi connectivity index (χ4n) is 1.42. The maximum absolute atomic E-state index is 13.2. The van der Waals surface area contributed by atoms with Gasteiger partial charge in [-0.3, -0.25) is 10.1 Å². The Balaban J connectivity index is 2.19. The Labute approximate surface area is 86.3 Å². The van der Waals surface area contributed by atoms with Gasteiger partial charge in [-0.15, -0.1) is 0 Å². The Bertz CT molecular complexity index is 391. The zero-order chi connectivity index (χ0) is 10.8. The first-order chi connectivity index (χ1) is 7.18. The van der Waals surface area contributed by atoms with E-state index in [0.29, 0.717) is 12.5 Å². The average molecular weight is 210 g/mol. The van der Waals surface area contributed by atoms with Crippen LogP contribution < -0.4 is 5.32 Å². The molecule has 2 rings (SSSR count). The fraction of sp³-hybridized carbons (Fsp3) is 0.400. The quantitative estimate of drug-likeness (QED) is 0.613. The van der Waals surface area contributed by atoms with E-state index in [1.165, 1.54) is 12.1 Å². The number of hydrogen-bond acceptors (Lipinski definition) is 3. The third kappa shape index (κ3) is 2.23. The summed E-state index contributed by atoms with van der Waals surface area (Å²) in [7, 11) is 0. The number of nitro benzene ring substituents is 1. The smallest absolute Gasteiger partial charge is 0.327 e. The van der Waals surface area contributed by atoms with Crippen LogP contribution in [0.4, 0.5) is 15.8 Å². The number of hydrogen-bond donors (Lipinski definition) is 1. The Morgan fingerprint density at radius 3 is 2.87 bits per heavy atom. The molecule has 0 unspecified atom stereocenters.